The van der Waals surface area contributed by atoms with Crippen LogP contribution in [0.4, 0.5) is 0 Å². The molecule has 33 heavy (non-hydrogen) atoms. The summed E-state index contributed by atoms with van der Waals surface area (Å²) in [5.74, 6) is 1.39. The molecule has 1 atom stereocenters. The van der Waals surface area contributed by atoms with Crippen LogP contribution < -0.4 is 10.1 Å². The molecule has 0 spiro atoms. The molecular formula is C25H30Cl2N2O3S. The average molecular weight is 509 g/mol. The number of amides is 2. The fourth-order valence-electron chi connectivity index (χ4n) is 3.87. The van der Waals surface area contributed by atoms with Crippen molar-refractivity contribution in [3.05, 3.63) is 63.6 Å². The molecule has 0 heterocycles. The Balaban J connectivity index is 1.66. The SMILES string of the molecule is COc1ccc(CN(C(=O)CSCc2ccc(Cl)cc2Cl)C(C)C(=O)NC2CCCC2)cc1. The lowest BCUT2D eigenvalue weighted by molar-refractivity contribution is -0.138. The number of nitrogens with zero attached hydrogens (tertiary/aromatic N) is 1. The molecule has 2 aromatic carbocycles. The highest BCUT2D eigenvalue weighted by Gasteiger charge is 2.28. The minimum absolute atomic E-state index is 0.0880. The molecular weight excluding hydrogens is 479 g/mol. The van der Waals surface area contributed by atoms with Crippen molar-refractivity contribution >= 4 is 46.8 Å². The fourth-order valence-corrected chi connectivity index (χ4v) is 5.34. The summed E-state index contributed by atoms with van der Waals surface area (Å²) in [7, 11) is 1.62. The van der Waals surface area contributed by atoms with Crippen molar-refractivity contribution in [1.29, 1.82) is 0 Å². The van der Waals surface area contributed by atoms with E-state index >= 15 is 0 Å². The van der Waals surface area contributed by atoms with Gasteiger partial charge in [-0.05, 0) is 55.2 Å². The van der Waals surface area contributed by atoms with E-state index in [9.17, 15) is 9.59 Å². The summed E-state index contributed by atoms with van der Waals surface area (Å²) in [6.45, 7) is 2.15. The van der Waals surface area contributed by atoms with Gasteiger partial charge in [0.25, 0.3) is 0 Å². The van der Waals surface area contributed by atoms with E-state index in [1.165, 1.54) is 11.8 Å². The van der Waals surface area contributed by atoms with Crippen LogP contribution in [0.3, 0.4) is 0 Å². The van der Waals surface area contributed by atoms with E-state index in [-0.39, 0.29) is 23.6 Å². The van der Waals surface area contributed by atoms with E-state index in [1.807, 2.05) is 30.3 Å². The van der Waals surface area contributed by atoms with Gasteiger partial charge in [-0.15, -0.1) is 11.8 Å². The van der Waals surface area contributed by atoms with Gasteiger partial charge in [-0.3, -0.25) is 9.59 Å². The van der Waals surface area contributed by atoms with Crippen molar-refractivity contribution in [2.75, 3.05) is 12.9 Å². The molecule has 1 aliphatic rings. The van der Waals surface area contributed by atoms with Crippen LogP contribution in [0.25, 0.3) is 0 Å². The van der Waals surface area contributed by atoms with Crippen molar-refractivity contribution in [1.82, 2.24) is 10.2 Å². The Bertz CT molecular complexity index is 949. The maximum Gasteiger partial charge on any atom is 0.242 e. The van der Waals surface area contributed by atoms with Gasteiger partial charge in [0.2, 0.25) is 11.8 Å². The van der Waals surface area contributed by atoms with Crippen LogP contribution in [0.1, 0.15) is 43.7 Å². The van der Waals surface area contributed by atoms with Crippen molar-refractivity contribution < 1.29 is 14.3 Å². The lowest BCUT2D eigenvalue weighted by atomic mass is 10.1. The molecule has 1 saturated carbocycles. The molecule has 0 radical (unpaired) electrons. The molecule has 1 aliphatic carbocycles. The monoisotopic (exact) mass is 508 g/mol. The molecule has 2 amide bonds. The average Bonchev–Trinajstić information content (AvgIpc) is 3.31. The first-order valence-electron chi connectivity index (χ1n) is 11.1. The van der Waals surface area contributed by atoms with Gasteiger partial charge < -0.3 is 15.0 Å². The topological polar surface area (TPSA) is 58.6 Å². The van der Waals surface area contributed by atoms with Crippen LogP contribution in [-0.4, -0.2) is 41.7 Å². The second-order valence-corrected chi connectivity index (χ2v) is 10.1. The molecule has 1 N–H and O–H groups in total. The maximum atomic E-state index is 13.2. The number of hydrogen-bond acceptors (Lipinski definition) is 4. The van der Waals surface area contributed by atoms with E-state index in [2.05, 4.69) is 5.32 Å². The smallest absolute Gasteiger partial charge is 0.242 e. The molecule has 1 fully saturated rings. The Morgan fingerprint density at radius 1 is 1.15 bits per heavy atom. The van der Waals surface area contributed by atoms with Gasteiger partial charge in [0.15, 0.2) is 0 Å². The second-order valence-electron chi connectivity index (χ2n) is 8.26. The quantitative estimate of drug-likeness (QED) is 0.446. The standard InChI is InChI=1S/C25H30Cl2N2O3S/c1-17(25(31)28-21-5-3-4-6-21)29(14-18-7-11-22(32-2)12-8-18)24(30)16-33-15-19-9-10-20(26)13-23(19)27/h7-13,17,21H,3-6,14-16H2,1-2H3,(H,28,31). The number of ether oxygens (including phenoxy) is 1. The minimum Gasteiger partial charge on any atom is -0.497 e. The highest BCUT2D eigenvalue weighted by Crippen LogP contribution is 2.25. The summed E-state index contributed by atoms with van der Waals surface area (Å²) in [5.41, 5.74) is 1.86. The third kappa shape index (κ3) is 7.56. The summed E-state index contributed by atoms with van der Waals surface area (Å²) < 4.78 is 5.23. The minimum atomic E-state index is -0.570. The normalized spacial score (nSPS) is 14.7. The number of hydrogen-bond donors (Lipinski definition) is 1. The van der Waals surface area contributed by atoms with Gasteiger partial charge >= 0.3 is 0 Å². The predicted octanol–water partition coefficient (Wildman–Crippen LogP) is 5.71. The Morgan fingerprint density at radius 3 is 2.48 bits per heavy atom. The largest absolute Gasteiger partial charge is 0.497 e. The lowest BCUT2D eigenvalue weighted by Crippen LogP contribution is -2.50. The second kappa shape index (κ2) is 12.5. The molecule has 2 aromatic rings. The number of thioether (sulfide) groups is 1. The van der Waals surface area contributed by atoms with Gasteiger partial charge in [-0.25, -0.2) is 0 Å². The van der Waals surface area contributed by atoms with Crippen molar-refractivity contribution in [3.8, 4) is 5.75 Å². The summed E-state index contributed by atoms with van der Waals surface area (Å²) in [6, 6.07) is 12.6. The fraction of sp³-hybridized carbons (Fsp3) is 0.440. The van der Waals surface area contributed by atoms with Gasteiger partial charge in [0.1, 0.15) is 11.8 Å². The first-order valence-corrected chi connectivity index (χ1v) is 13.0. The van der Waals surface area contributed by atoms with E-state index in [4.69, 9.17) is 27.9 Å². The molecule has 1 unspecified atom stereocenters. The Hall–Kier alpha value is -1.89. The first-order chi connectivity index (χ1) is 15.9. The number of halogens is 2. The third-order valence-electron chi connectivity index (χ3n) is 5.88. The van der Waals surface area contributed by atoms with Crippen LogP contribution in [0.5, 0.6) is 5.75 Å². The molecule has 0 aromatic heterocycles. The van der Waals surface area contributed by atoms with Crippen molar-refractivity contribution in [3.63, 3.8) is 0 Å². The molecule has 0 saturated heterocycles. The van der Waals surface area contributed by atoms with E-state index in [0.29, 0.717) is 22.3 Å². The van der Waals surface area contributed by atoms with Crippen molar-refractivity contribution in [2.45, 2.75) is 57.0 Å². The van der Waals surface area contributed by atoms with Crippen LogP contribution >= 0.6 is 35.0 Å². The summed E-state index contributed by atoms with van der Waals surface area (Å²) in [4.78, 5) is 27.8. The molecule has 0 bridgehead atoms. The predicted molar refractivity (Wildman–Crippen MR) is 136 cm³/mol. The highest BCUT2D eigenvalue weighted by molar-refractivity contribution is 7.99. The van der Waals surface area contributed by atoms with Gasteiger partial charge in [-0.1, -0.05) is 54.2 Å². The zero-order chi connectivity index (χ0) is 23.8. The first kappa shape index (κ1) is 25.7. The van der Waals surface area contributed by atoms with E-state index in [0.717, 1.165) is 42.6 Å². The molecule has 178 valence electrons. The number of carbonyl (C=O) groups excluding carboxylic acids is 2. The van der Waals surface area contributed by atoms with Gasteiger partial charge in [0, 0.05) is 28.4 Å². The lowest BCUT2D eigenvalue weighted by Gasteiger charge is -2.29. The van der Waals surface area contributed by atoms with Gasteiger partial charge in [-0.2, -0.15) is 0 Å². The molecule has 5 nitrogen and oxygen atoms in total. The number of benzene rings is 2. The number of nitrogens with one attached hydrogen (secondary N) is 1. The number of rotatable bonds is 10. The van der Waals surface area contributed by atoms with Crippen LogP contribution in [0.2, 0.25) is 10.0 Å². The number of carbonyl (C=O) groups is 2. The van der Waals surface area contributed by atoms with Crippen LogP contribution in [0.15, 0.2) is 42.5 Å². The molecule has 3 rings (SSSR count). The van der Waals surface area contributed by atoms with Crippen molar-refractivity contribution in [2.24, 2.45) is 0 Å². The maximum absolute atomic E-state index is 13.2. The molecule has 0 aliphatic heterocycles. The zero-order valence-electron chi connectivity index (χ0n) is 19.0. The summed E-state index contributed by atoms with van der Waals surface area (Å²) >= 11 is 13.7. The van der Waals surface area contributed by atoms with E-state index in [1.54, 1.807) is 31.1 Å². The van der Waals surface area contributed by atoms with Crippen LogP contribution in [-0.2, 0) is 21.9 Å². The van der Waals surface area contributed by atoms with E-state index < -0.39 is 6.04 Å². The Morgan fingerprint density at radius 2 is 1.85 bits per heavy atom. The Labute approximate surface area is 210 Å². The van der Waals surface area contributed by atoms with Crippen LogP contribution in [0, 0.1) is 0 Å². The summed E-state index contributed by atoms with van der Waals surface area (Å²) in [5, 5.41) is 4.29. The third-order valence-corrected chi connectivity index (χ3v) is 7.43. The van der Waals surface area contributed by atoms with Gasteiger partial charge in [0.05, 0.1) is 12.9 Å². The number of methoxy groups -OCH3 is 1. The molecule has 8 heteroatoms. The Kier molecular flexibility index (Phi) is 9.78. The summed E-state index contributed by atoms with van der Waals surface area (Å²) in [6.07, 6.45) is 4.28. The highest BCUT2D eigenvalue weighted by atomic mass is 35.5. The zero-order valence-corrected chi connectivity index (χ0v) is 21.3.